The highest BCUT2D eigenvalue weighted by molar-refractivity contribution is 5.17. The molecule has 0 saturated carbocycles. The van der Waals surface area contributed by atoms with Crippen LogP contribution in [0.4, 0.5) is 0 Å². The van der Waals surface area contributed by atoms with Crippen LogP contribution in [0.5, 0.6) is 0 Å². The summed E-state index contributed by atoms with van der Waals surface area (Å²) < 4.78 is 7.14. The Hall–Kier alpha value is -1.55. The number of furan rings is 1. The molecule has 0 aromatic carbocycles. The molecule has 2 aromatic rings. The molecule has 98 valence electrons. The van der Waals surface area contributed by atoms with E-state index in [1.807, 2.05) is 23.2 Å². The normalized spacial score (nSPS) is 12.8. The van der Waals surface area contributed by atoms with Gasteiger partial charge in [-0.05, 0) is 37.9 Å². The second-order valence-corrected chi connectivity index (χ2v) is 4.47. The fourth-order valence-corrected chi connectivity index (χ4v) is 2.02. The largest absolute Gasteiger partial charge is 0.472 e. The van der Waals surface area contributed by atoms with Gasteiger partial charge in [-0.3, -0.25) is 4.68 Å². The first-order valence-electron chi connectivity index (χ1n) is 6.60. The van der Waals surface area contributed by atoms with Gasteiger partial charge in [0.2, 0.25) is 0 Å². The zero-order chi connectivity index (χ0) is 12.8. The first kappa shape index (κ1) is 12.9. The van der Waals surface area contributed by atoms with Crippen molar-refractivity contribution in [2.24, 2.45) is 0 Å². The molecule has 4 heteroatoms. The van der Waals surface area contributed by atoms with Crippen molar-refractivity contribution in [3.05, 3.63) is 42.1 Å². The van der Waals surface area contributed by atoms with E-state index >= 15 is 0 Å². The lowest BCUT2D eigenvalue weighted by molar-refractivity contribution is 0.512. The van der Waals surface area contributed by atoms with Crippen molar-refractivity contribution < 1.29 is 4.42 Å². The molecular weight excluding hydrogens is 226 g/mol. The number of nitrogens with zero attached hydrogens (tertiary/aromatic N) is 2. The van der Waals surface area contributed by atoms with Gasteiger partial charge < -0.3 is 9.73 Å². The summed E-state index contributed by atoms with van der Waals surface area (Å²) in [5.41, 5.74) is 2.46. The van der Waals surface area contributed by atoms with Gasteiger partial charge in [-0.15, -0.1) is 0 Å². The molecule has 0 saturated heterocycles. The van der Waals surface area contributed by atoms with E-state index in [9.17, 15) is 0 Å². The molecule has 0 radical (unpaired) electrons. The lowest BCUT2D eigenvalue weighted by Gasteiger charge is -2.16. The minimum atomic E-state index is 0.304. The average molecular weight is 247 g/mol. The molecule has 2 heterocycles. The van der Waals surface area contributed by atoms with Gasteiger partial charge in [0.1, 0.15) is 0 Å². The van der Waals surface area contributed by atoms with Gasteiger partial charge in [-0.25, -0.2) is 0 Å². The summed E-state index contributed by atoms with van der Waals surface area (Å²) in [7, 11) is 0. The quantitative estimate of drug-likeness (QED) is 0.818. The van der Waals surface area contributed by atoms with Crippen LogP contribution >= 0.6 is 0 Å². The standard InChI is InChI=1S/C14H21N3O/c1-3-6-15-14(13-5-7-18-11-13)8-12-9-16-17(4-2)10-12/h5,7,9-11,14-15H,3-4,6,8H2,1-2H3. The second kappa shape index (κ2) is 6.40. The summed E-state index contributed by atoms with van der Waals surface area (Å²) in [6, 6.07) is 2.33. The maximum absolute atomic E-state index is 5.18. The number of nitrogens with one attached hydrogen (secondary N) is 1. The van der Waals surface area contributed by atoms with Crippen molar-refractivity contribution in [2.75, 3.05) is 6.54 Å². The smallest absolute Gasteiger partial charge is 0.0950 e. The first-order valence-corrected chi connectivity index (χ1v) is 6.60. The second-order valence-electron chi connectivity index (χ2n) is 4.47. The van der Waals surface area contributed by atoms with Crippen LogP contribution in [0, 0.1) is 0 Å². The van der Waals surface area contributed by atoms with Gasteiger partial charge in [0.05, 0.1) is 18.7 Å². The fraction of sp³-hybridized carbons (Fsp3) is 0.500. The number of hydrogen-bond acceptors (Lipinski definition) is 3. The van der Waals surface area contributed by atoms with E-state index in [-0.39, 0.29) is 0 Å². The summed E-state index contributed by atoms with van der Waals surface area (Å²) >= 11 is 0. The van der Waals surface area contributed by atoms with Crippen molar-refractivity contribution in [2.45, 2.75) is 39.3 Å². The molecule has 1 N–H and O–H groups in total. The van der Waals surface area contributed by atoms with E-state index < -0.39 is 0 Å². The van der Waals surface area contributed by atoms with Crippen LogP contribution in [0.15, 0.2) is 35.4 Å². The zero-order valence-corrected chi connectivity index (χ0v) is 11.1. The maximum atomic E-state index is 5.18. The zero-order valence-electron chi connectivity index (χ0n) is 11.1. The molecule has 0 spiro atoms. The van der Waals surface area contributed by atoms with Crippen molar-refractivity contribution in [1.82, 2.24) is 15.1 Å². The maximum Gasteiger partial charge on any atom is 0.0950 e. The van der Waals surface area contributed by atoms with E-state index in [0.29, 0.717) is 6.04 Å². The highest BCUT2D eigenvalue weighted by atomic mass is 16.3. The minimum absolute atomic E-state index is 0.304. The Labute approximate surface area is 108 Å². The Morgan fingerprint density at radius 3 is 2.94 bits per heavy atom. The van der Waals surface area contributed by atoms with Crippen LogP contribution in [-0.4, -0.2) is 16.3 Å². The van der Waals surface area contributed by atoms with Crippen molar-refractivity contribution in [3.8, 4) is 0 Å². The van der Waals surface area contributed by atoms with Crippen LogP contribution in [0.25, 0.3) is 0 Å². The van der Waals surface area contributed by atoms with E-state index in [2.05, 4.69) is 30.5 Å². The summed E-state index contributed by atoms with van der Waals surface area (Å²) in [5.74, 6) is 0. The van der Waals surface area contributed by atoms with Crippen LogP contribution < -0.4 is 5.32 Å². The SMILES string of the molecule is CCCNC(Cc1cnn(CC)c1)c1ccoc1. The third-order valence-corrected chi connectivity index (χ3v) is 3.04. The molecule has 0 aliphatic carbocycles. The molecule has 2 rings (SSSR count). The number of aryl methyl sites for hydroxylation is 1. The molecule has 0 fully saturated rings. The van der Waals surface area contributed by atoms with E-state index in [4.69, 9.17) is 4.42 Å². The van der Waals surface area contributed by atoms with E-state index in [1.165, 1.54) is 11.1 Å². The summed E-state index contributed by atoms with van der Waals surface area (Å²) in [6.07, 6.45) is 9.68. The first-order chi connectivity index (χ1) is 8.83. The van der Waals surface area contributed by atoms with Gasteiger partial charge in [0.15, 0.2) is 0 Å². The molecule has 1 atom stereocenters. The Morgan fingerprint density at radius 1 is 1.44 bits per heavy atom. The Kier molecular flexibility index (Phi) is 4.59. The van der Waals surface area contributed by atoms with E-state index in [0.717, 1.165) is 25.9 Å². The molecule has 2 aromatic heterocycles. The molecule has 18 heavy (non-hydrogen) atoms. The molecular formula is C14H21N3O. The average Bonchev–Trinajstić information content (AvgIpc) is 3.05. The topological polar surface area (TPSA) is 43.0 Å². The van der Waals surface area contributed by atoms with Crippen molar-refractivity contribution in [1.29, 1.82) is 0 Å². The van der Waals surface area contributed by atoms with Gasteiger partial charge >= 0.3 is 0 Å². The van der Waals surface area contributed by atoms with E-state index in [1.54, 1.807) is 6.26 Å². The Morgan fingerprint density at radius 2 is 2.33 bits per heavy atom. The van der Waals surface area contributed by atoms with Gasteiger partial charge in [-0.2, -0.15) is 5.10 Å². The van der Waals surface area contributed by atoms with Crippen LogP contribution in [0.1, 0.15) is 37.4 Å². The lowest BCUT2D eigenvalue weighted by atomic mass is 10.0. The third-order valence-electron chi connectivity index (χ3n) is 3.04. The van der Waals surface area contributed by atoms with Gasteiger partial charge in [0.25, 0.3) is 0 Å². The highest BCUT2D eigenvalue weighted by Crippen LogP contribution is 2.18. The summed E-state index contributed by atoms with van der Waals surface area (Å²) in [4.78, 5) is 0. The van der Waals surface area contributed by atoms with Crippen LogP contribution in [-0.2, 0) is 13.0 Å². The molecule has 4 nitrogen and oxygen atoms in total. The molecule has 0 aliphatic heterocycles. The fourth-order valence-electron chi connectivity index (χ4n) is 2.02. The molecule has 0 aliphatic rings. The molecule has 0 amide bonds. The molecule has 1 unspecified atom stereocenters. The number of hydrogen-bond donors (Lipinski definition) is 1. The number of aromatic nitrogens is 2. The third kappa shape index (κ3) is 3.23. The highest BCUT2D eigenvalue weighted by Gasteiger charge is 2.13. The van der Waals surface area contributed by atoms with Gasteiger partial charge in [-0.1, -0.05) is 6.92 Å². The van der Waals surface area contributed by atoms with Gasteiger partial charge in [0, 0.05) is 24.3 Å². The Bertz CT molecular complexity index is 447. The molecule has 0 bridgehead atoms. The predicted octanol–water partition coefficient (Wildman–Crippen LogP) is 2.78. The Balaban J connectivity index is 2.04. The minimum Gasteiger partial charge on any atom is -0.472 e. The van der Waals surface area contributed by atoms with Crippen molar-refractivity contribution >= 4 is 0 Å². The van der Waals surface area contributed by atoms with Crippen molar-refractivity contribution in [3.63, 3.8) is 0 Å². The monoisotopic (exact) mass is 247 g/mol. The van der Waals surface area contributed by atoms with Crippen LogP contribution in [0.3, 0.4) is 0 Å². The van der Waals surface area contributed by atoms with Crippen LogP contribution in [0.2, 0.25) is 0 Å². The number of rotatable bonds is 7. The summed E-state index contributed by atoms with van der Waals surface area (Å²) in [6.45, 7) is 6.20. The lowest BCUT2D eigenvalue weighted by Crippen LogP contribution is -2.23. The predicted molar refractivity (Wildman–Crippen MR) is 71.3 cm³/mol. The summed E-state index contributed by atoms with van der Waals surface area (Å²) in [5, 5.41) is 7.87.